The summed E-state index contributed by atoms with van der Waals surface area (Å²) < 4.78 is 7.39. The summed E-state index contributed by atoms with van der Waals surface area (Å²) >= 11 is 0. The molecule has 0 radical (unpaired) electrons. The van der Waals surface area contributed by atoms with Crippen molar-refractivity contribution in [3.63, 3.8) is 0 Å². The van der Waals surface area contributed by atoms with E-state index in [2.05, 4.69) is 20.9 Å². The zero-order valence-corrected chi connectivity index (χ0v) is 13.8. The molecular weight excluding hydrogens is 304 g/mol. The minimum absolute atomic E-state index is 0.286. The maximum absolute atomic E-state index is 9.79. The van der Waals surface area contributed by atoms with Gasteiger partial charge in [-0.15, -0.1) is 0 Å². The average Bonchev–Trinajstić information content (AvgIpc) is 3.20. The van der Waals surface area contributed by atoms with Crippen molar-refractivity contribution in [3.8, 4) is 17.0 Å². The van der Waals surface area contributed by atoms with Crippen molar-refractivity contribution in [1.82, 2.24) is 14.4 Å². The third-order valence-corrected chi connectivity index (χ3v) is 4.56. The van der Waals surface area contributed by atoms with Gasteiger partial charge in [0.15, 0.2) is 11.5 Å². The van der Waals surface area contributed by atoms with Crippen LogP contribution in [-0.2, 0) is 0 Å². The molecule has 1 atom stereocenters. The number of fused-ring (bicyclic) bond motifs is 1. The molecule has 3 aromatic rings. The first-order valence-electron chi connectivity index (χ1n) is 8.07. The molecule has 1 fully saturated rings. The standard InChI is InChI=1S/C18H20N4O2/c1-12-9-13(3-4-16(12)24-2)15-10-20-18-17(19-6-8-22(15)18)21-7-5-14(23)11-21/h3-4,6,8-10,14,23H,5,7,11H2,1-2H3. The summed E-state index contributed by atoms with van der Waals surface area (Å²) in [4.78, 5) is 11.2. The molecule has 1 aromatic carbocycles. The van der Waals surface area contributed by atoms with E-state index in [1.807, 2.05) is 35.9 Å². The molecule has 0 aliphatic carbocycles. The number of anilines is 1. The van der Waals surface area contributed by atoms with Gasteiger partial charge >= 0.3 is 0 Å². The summed E-state index contributed by atoms with van der Waals surface area (Å²) in [6.07, 6.45) is 6.06. The Balaban J connectivity index is 1.79. The molecule has 0 spiro atoms. The monoisotopic (exact) mass is 324 g/mol. The van der Waals surface area contributed by atoms with Gasteiger partial charge in [-0.25, -0.2) is 9.97 Å². The van der Waals surface area contributed by atoms with Gasteiger partial charge in [-0.1, -0.05) is 0 Å². The Hall–Kier alpha value is -2.60. The lowest BCUT2D eigenvalue weighted by Crippen LogP contribution is -2.23. The van der Waals surface area contributed by atoms with E-state index in [1.54, 1.807) is 13.3 Å². The number of methoxy groups -OCH3 is 1. The molecule has 1 unspecified atom stereocenters. The van der Waals surface area contributed by atoms with E-state index in [0.29, 0.717) is 6.54 Å². The van der Waals surface area contributed by atoms with Crippen molar-refractivity contribution >= 4 is 11.5 Å². The zero-order valence-electron chi connectivity index (χ0n) is 13.8. The number of benzene rings is 1. The van der Waals surface area contributed by atoms with Crippen LogP contribution >= 0.6 is 0 Å². The molecule has 1 aliphatic rings. The number of β-amino-alcohol motifs (C(OH)–C–C–N with tert-alkyl or cyclic N) is 1. The normalized spacial score (nSPS) is 17.6. The Morgan fingerprint density at radius 2 is 2.17 bits per heavy atom. The second-order valence-electron chi connectivity index (χ2n) is 6.16. The van der Waals surface area contributed by atoms with Crippen LogP contribution in [0.2, 0.25) is 0 Å². The number of aliphatic hydroxyl groups excluding tert-OH is 1. The van der Waals surface area contributed by atoms with Crippen molar-refractivity contribution in [3.05, 3.63) is 42.4 Å². The molecule has 2 aromatic heterocycles. The predicted molar refractivity (Wildman–Crippen MR) is 92.5 cm³/mol. The van der Waals surface area contributed by atoms with Gasteiger partial charge in [-0.2, -0.15) is 0 Å². The molecule has 4 rings (SSSR count). The number of nitrogens with zero attached hydrogens (tertiary/aromatic N) is 4. The van der Waals surface area contributed by atoms with Gasteiger partial charge in [0.2, 0.25) is 0 Å². The molecule has 0 bridgehead atoms. The highest BCUT2D eigenvalue weighted by Crippen LogP contribution is 2.29. The quantitative estimate of drug-likeness (QED) is 0.801. The van der Waals surface area contributed by atoms with Crippen LogP contribution in [0.1, 0.15) is 12.0 Å². The number of ether oxygens (including phenoxy) is 1. The van der Waals surface area contributed by atoms with Crippen molar-refractivity contribution in [2.75, 3.05) is 25.1 Å². The molecule has 1 saturated heterocycles. The fourth-order valence-electron chi connectivity index (χ4n) is 3.31. The Bertz CT molecular complexity index is 890. The van der Waals surface area contributed by atoms with Crippen molar-refractivity contribution in [1.29, 1.82) is 0 Å². The fourth-order valence-corrected chi connectivity index (χ4v) is 3.31. The molecule has 1 N–H and O–H groups in total. The minimum atomic E-state index is -0.286. The first-order chi connectivity index (χ1) is 11.7. The largest absolute Gasteiger partial charge is 0.496 e. The second kappa shape index (κ2) is 5.79. The lowest BCUT2D eigenvalue weighted by Gasteiger charge is -2.17. The fraction of sp³-hybridized carbons (Fsp3) is 0.333. The smallest absolute Gasteiger partial charge is 0.180 e. The molecule has 1 aliphatic heterocycles. The summed E-state index contributed by atoms with van der Waals surface area (Å²) in [5, 5.41) is 9.79. The van der Waals surface area contributed by atoms with E-state index in [0.717, 1.165) is 47.0 Å². The number of hydrogen-bond acceptors (Lipinski definition) is 5. The van der Waals surface area contributed by atoms with E-state index in [-0.39, 0.29) is 6.10 Å². The number of aromatic nitrogens is 3. The summed E-state index contributed by atoms with van der Waals surface area (Å²) in [6, 6.07) is 6.11. The molecule has 0 amide bonds. The maximum Gasteiger partial charge on any atom is 0.180 e. The van der Waals surface area contributed by atoms with Gasteiger partial charge in [-0.05, 0) is 37.1 Å². The number of rotatable bonds is 3. The van der Waals surface area contributed by atoms with E-state index >= 15 is 0 Å². The zero-order chi connectivity index (χ0) is 16.7. The summed E-state index contributed by atoms with van der Waals surface area (Å²) in [6.45, 7) is 3.44. The van der Waals surface area contributed by atoms with Crippen LogP contribution in [-0.4, -0.2) is 45.8 Å². The predicted octanol–water partition coefficient (Wildman–Crippen LogP) is 2.28. The lowest BCUT2D eigenvalue weighted by atomic mass is 10.1. The van der Waals surface area contributed by atoms with Crippen LogP contribution in [0.15, 0.2) is 36.8 Å². The molecule has 3 heterocycles. The van der Waals surface area contributed by atoms with Gasteiger partial charge in [0.1, 0.15) is 5.75 Å². The highest BCUT2D eigenvalue weighted by atomic mass is 16.5. The maximum atomic E-state index is 9.79. The van der Waals surface area contributed by atoms with E-state index < -0.39 is 0 Å². The molecule has 6 heteroatoms. The van der Waals surface area contributed by atoms with Gasteiger partial charge in [0.05, 0.1) is 25.1 Å². The highest BCUT2D eigenvalue weighted by molar-refractivity contribution is 5.72. The molecule has 6 nitrogen and oxygen atoms in total. The SMILES string of the molecule is COc1ccc(-c2cnc3c(N4CCC(O)C4)nccn23)cc1C. The average molecular weight is 324 g/mol. The Labute approximate surface area is 140 Å². The Morgan fingerprint density at radius 1 is 1.29 bits per heavy atom. The third-order valence-electron chi connectivity index (χ3n) is 4.56. The van der Waals surface area contributed by atoms with Crippen LogP contribution in [0.4, 0.5) is 5.82 Å². The van der Waals surface area contributed by atoms with Crippen LogP contribution in [0.25, 0.3) is 16.9 Å². The highest BCUT2D eigenvalue weighted by Gasteiger charge is 2.24. The minimum Gasteiger partial charge on any atom is -0.496 e. The van der Waals surface area contributed by atoms with Crippen molar-refractivity contribution < 1.29 is 9.84 Å². The van der Waals surface area contributed by atoms with Gasteiger partial charge < -0.3 is 14.7 Å². The summed E-state index contributed by atoms with van der Waals surface area (Å²) in [5.74, 6) is 1.70. The van der Waals surface area contributed by atoms with E-state index in [9.17, 15) is 5.11 Å². The van der Waals surface area contributed by atoms with Crippen LogP contribution < -0.4 is 9.64 Å². The van der Waals surface area contributed by atoms with E-state index in [4.69, 9.17) is 4.74 Å². The lowest BCUT2D eigenvalue weighted by molar-refractivity contribution is 0.198. The van der Waals surface area contributed by atoms with Crippen molar-refractivity contribution in [2.24, 2.45) is 0 Å². The summed E-state index contributed by atoms with van der Waals surface area (Å²) in [5.41, 5.74) is 4.00. The Kier molecular flexibility index (Phi) is 3.61. The first-order valence-corrected chi connectivity index (χ1v) is 8.07. The summed E-state index contributed by atoms with van der Waals surface area (Å²) in [7, 11) is 1.68. The van der Waals surface area contributed by atoms with Gasteiger partial charge in [0.25, 0.3) is 0 Å². The third kappa shape index (κ3) is 2.39. The number of aryl methyl sites for hydroxylation is 1. The second-order valence-corrected chi connectivity index (χ2v) is 6.16. The number of imidazole rings is 1. The van der Waals surface area contributed by atoms with Gasteiger partial charge in [-0.3, -0.25) is 4.40 Å². The number of hydrogen-bond donors (Lipinski definition) is 1. The van der Waals surface area contributed by atoms with Crippen LogP contribution in [0.5, 0.6) is 5.75 Å². The topological polar surface area (TPSA) is 62.9 Å². The molecular formula is C18H20N4O2. The van der Waals surface area contributed by atoms with Gasteiger partial charge in [0, 0.05) is 31.0 Å². The van der Waals surface area contributed by atoms with E-state index in [1.165, 1.54) is 0 Å². The van der Waals surface area contributed by atoms with Crippen LogP contribution in [0, 0.1) is 6.92 Å². The first kappa shape index (κ1) is 15.0. The number of aliphatic hydroxyl groups is 1. The van der Waals surface area contributed by atoms with Crippen molar-refractivity contribution in [2.45, 2.75) is 19.4 Å². The Morgan fingerprint density at radius 3 is 2.88 bits per heavy atom. The molecule has 124 valence electrons. The molecule has 24 heavy (non-hydrogen) atoms. The molecule has 0 saturated carbocycles. The van der Waals surface area contributed by atoms with Crippen LogP contribution in [0.3, 0.4) is 0 Å².